The number of alkyl halides is 6. The molecule has 0 radical (unpaired) electrons. The highest BCUT2D eigenvalue weighted by atomic mass is 32.2. The van der Waals surface area contributed by atoms with E-state index in [0.717, 1.165) is 23.9 Å². The second-order valence-corrected chi connectivity index (χ2v) is 10.5. The zero-order valence-electron chi connectivity index (χ0n) is 19.2. The van der Waals surface area contributed by atoms with Crippen molar-refractivity contribution in [1.29, 1.82) is 0 Å². The van der Waals surface area contributed by atoms with E-state index in [1.54, 1.807) is 24.8 Å². The van der Waals surface area contributed by atoms with E-state index < -0.39 is 39.6 Å². The zero-order valence-corrected chi connectivity index (χ0v) is 20.0. The molecule has 198 valence electrons. The Morgan fingerprint density at radius 1 is 1.03 bits per heavy atom. The van der Waals surface area contributed by atoms with Crippen molar-refractivity contribution in [2.24, 2.45) is 0 Å². The fourth-order valence-corrected chi connectivity index (χ4v) is 5.32. The average molecular weight is 539 g/mol. The molecule has 0 unspecified atom stereocenters. The highest BCUT2D eigenvalue weighted by molar-refractivity contribution is 7.89. The molecule has 36 heavy (non-hydrogen) atoms. The van der Waals surface area contributed by atoms with Gasteiger partial charge < -0.3 is 15.7 Å². The molecule has 0 saturated carbocycles. The lowest BCUT2D eigenvalue weighted by atomic mass is 9.92. The Morgan fingerprint density at radius 2 is 1.61 bits per heavy atom. The zero-order chi connectivity index (χ0) is 27.1. The number of nitrogen functional groups attached to an aromatic ring is 1. The molecule has 0 amide bonds. The predicted molar refractivity (Wildman–Crippen MR) is 120 cm³/mol. The van der Waals surface area contributed by atoms with Gasteiger partial charge in [-0.2, -0.15) is 30.6 Å². The maximum Gasteiger partial charge on any atom is 0.430 e. The number of hydrogen-bond acceptors (Lipinski definition) is 6. The van der Waals surface area contributed by atoms with Crippen molar-refractivity contribution in [3.8, 4) is 0 Å². The van der Waals surface area contributed by atoms with Crippen LogP contribution in [0.15, 0.2) is 59.1 Å². The number of allylic oxidation sites excluding steroid dienone is 1. The molecule has 0 aliphatic carbocycles. The molecule has 1 fully saturated rings. The van der Waals surface area contributed by atoms with E-state index in [-0.39, 0.29) is 36.0 Å². The van der Waals surface area contributed by atoms with Gasteiger partial charge in [0.2, 0.25) is 10.0 Å². The van der Waals surface area contributed by atoms with Gasteiger partial charge in [-0.25, -0.2) is 13.4 Å². The Bertz CT molecular complexity index is 1190. The number of hydrogen-bond donors (Lipinski definition) is 2. The largest absolute Gasteiger partial charge is 0.430 e. The van der Waals surface area contributed by atoms with Gasteiger partial charge in [-0.15, -0.1) is 0 Å². The number of benzene rings is 1. The third kappa shape index (κ3) is 5.15. The number of aliphatic hydroxyl groups is 1. The van der Waals surface area contributed by atoms with Crippen molar-refractivity contribution in [1.82, 2.24) is 9.29 Å². The van der Waals surface area contributed by atoms with Crippen LogP contribution in [0, 0.1) is 0 Å². The fraction of sp³-hybridized carbons (Fsp3) is 0.409. The van der Waals surface area contributed by atoms with Crippen LogP contribution in [-0.2, 0) is 15.6 Å². The quantitative estimate of drug-likeness (QED) is 0.444. The highest BCUT2D eigenvalue weighted by Crippen LogP contribution is 2.50. The smallest absolute Gasteiger partial charge is 0.384 e. The molecule has 1 atom stereocenters. The van der Waals surface area contributed by atoms with E-state index in [4.69, 9.17) is 5.73 Å². The van der Waals surface area contributed by atoms with E-state index in [2.05, 4.69) is 4.98 Å². The summed E-state index contributed by atoms with van der Waals surface area (Å²) in [7, 11) is -3.94. The molecular weight excluding hydrogens is 514 g/mol. The Labute approximate surface area is 203 Å². The number of piperazine rings is 1. The van der Waals surface area contributed by atoms with Crippen molar-refractivity contribution < 1.29 is 39.9 Å². The van der Waals surface area contributed by atoms with Crippen LogP contribution in [-0.4, -0.2) is 60.8 Å². The molecule has 0 bridgehead atoms. The van der Waals surface area contributed by atoms with Crippen LogP contribution >= 0.6 is 0 Å². The first-order valence-electron chi connectivity index (χ1n) is 10.6. The number of nitrogens with zero attached hydrogens (tertiary/aromatic N) is 3. The lowest BCUT2D eigenvalue weighted by Gasteiger charge is -2.41. The van der Waals surface area contributed by atoms with E-state index >= 15 is 0 Å². The van der Waals surface area contributed by atoms with Gasteiger partial charge >= 0.3 is 12.4 Å². The fourth-order valence-electron chi connectivity index (χ4n) is 3.93. The van der Waals surface area contributed by atoms with Gasteiger partial charge in [0.15, 0.2) is 0 Å². The first-order valence-corrected chi connectivity index (χ1v) is 12.0. The van der Waals surface area contributed by atoms with Crippen LogP contribution in [0.2, 0.25) is 0 Å². The van der Waals surface area contributed by atoms with Gasteiger partial charge in [0.25, 0.3) is 5.60 Å². The Hall–Kier alpha value is -2.84. The minimum Gasteiger partial charge on any atom is -0.384 e. The summed E-state index contributed by atoms with van der Waals surface area (Å²) in [6, 6.07) is 5.31. The van der Waals surface area contributed by atoms with Crippen LogP contribution in [0.1, 0.15) is 19.4 Å². The van der Waals surface area contributed by atoms with E-state index in [9.17, 15) is 39.9 Å². The van der Waals surface area contributed by atoms with Crippen LogP contribution in [0.5, 0.6) is 0 Å². The predicted octanol–water partition coefficient (Wildman–Crippen LogP) is 3.82. The molecule has 1 aliphatic rings. The number of aromatic nitrogens is 1. The van der Waals surface area contributed by atoms with Gasteiger partial charge in [0, 0.05) is 37.1 Å². The van der Waals surface area contributed by atoms with Crippen LogP contribution in [0.4, 0.5) is 37.8 Å². The first kappa shape index (κ1) is 27.7. The molecule has 7 nitrogen and oxygen atoms in total. The monoisotopic (exact) mass is 538 g/mol. The number of anilines is 2. The molecule has 3 rings (SSSR count). The third-order valence-electron chi connectivity index (χ3n) is 5.74. The summed E-state index contributed by atoms with van der Waals surface area (Å²) < 4.78 is 107. The van der Waals surface area contributed by atoms with E-state index in [1.807, 2.05) is 0 Å². The Kier molecular flexibility index (Phi) is 7.37. The first-order chi connectivity index (χ1) is 16.5. The van der Waals surface area contributed by atoms with Gasteiger partial charge in [-0.05, 0) is 38.1 Å². The normalized spacial score (nSPS) is 18.2. The van der Waals surface area contributed by atoms with Crippen molar-refractivity contribution in [3.05, 3.63) is 59.8 Å². The second kappa shape index (κ2) is 9.56. The number of halogens is 6. The lowest BCUT2D eigenvalue weighted by molar-refractivity contribution is -0.376. The van der Waals surface area contributed by atoms with Crippen LogP contribution in [0.25, 0.3) is 0 Å². The van der Waals surface area contributed by atoms with Crippen molar-refractivity contribution >= 4 is 21.5 Å². The summed E-state index contributed by atoms with van der Waals surface area (Å²) in [5, 5.41) is 9.62. The molecule has 14 heteroatoms. The lowest BCUT2D eigenvalue weighted by Crippen LogP contribution is -2.54. The molecule has 1 aromatic heterocycles. The van der Waals surface area contributed by atoms with Crippen LogP contribution < -0.4 is 10.6 Å². The standard InChI is InChI=1S/C22H24F6N4O3S/c1-14(2)11-17-13-31(36(34,35)18-7-8-19(29)30-12-18)9-10-32(17)16-5-3-15(4-6-16)20(33,21(23,24)25)22(26,27)28/h3-8,11-12,17,33H,9-10,13H2,1-2H3,(H2,29,30)/t17-/m1/s1. The summed E-state index contributed by atoms with van der Waals surface area (Å²) in [5.74, 6) is 0.146. The van der Waals surface area contributed by atoms with Crippen molar-refractivity contribution in [2.75, 3.05) is 30.3 Å². The summed E-state index contributed by atoms with van der Waals surface area (Å²) in [6.07, 6.45) is -9.10. The number of pyridine rings is 1. The summed E-state index contributed by atoms with van der Waals surface area (Å²) in [5.41, 5.74) is 0.197. The number of nitrogens with two attached hydrogens (primary N) is 1. The molecule has 0 spiro atoms. The summed E-state index contributed by atoms with van der Waals surface area (Å²) in [6.45, 7) is 3.60. The van der Waals surface area contributed by atoms with Gasteiger partial charge in [-0.3, -0.25) is 0 Å². The number of rotatable bonds is 5. The third-order valence-corrected chi connectivity index (χ3v) is 7.59. The van der Waals surface area contributed by atoms with Crippen molar-refractivity contribution in [2.45, 2.75) is 42.7 Å². The topological polar surface area (TPSA) is 99.8 Å². The van der Waals surface area contributed by atoms with Crippen molar-refractivity contribution in [3.63, 3.8) is 0 Å². The average Bonchev–Trinajstić information content (AvgIpc) is 2.77. The molecule has 1 aliphatic heterocycles. The summed E-state index contributed by atoms with van der Waals surface area (Å²) in [4.78, 5) is 5.41. The Morgan fingerprint density at radius 3 is 2.08 bits per heavy atom. The van der Waals surface area contributed by atoms with Gasteiger partial charge in [0.1, 0.15) is 10.7 Å². The molecular formula is C22H24F6N4O3S. The van der Waals surface area contributed by atoms with E-state index in [1.165, 1.54) is 16.4 Å². The molecule has 3 N–H and O–H groups in total. The molecule has 1 aromatic carbocycles. The van der Waals surface area contributed by atoms with Gasteiger partial charge in [0.05, 0.1) is 6.04 Å². The summed E-state index contributed by atoms with van der Waals surface area (Å²) >= 11 is 0. The van der Waals surface area contributed by atoms with E-state index in [0.29, 0.717) is 12.1 Å². The minimum atomic E-state index is -5.99. The highest BCUT2D eigenvalue weighted by Gasteiger charge is 2.71. The molecule has 2 heterocycles. The number of sulfonamides is 1. The molecule has 2 aromatic rings. The maximum atomic E-state index is 13.2. The second-order valence-electron chi connectivity index (χ2n) is 8.54. The Balaban J connectivity index is 1.93. The minimum absolute atomic E-state index is 0.00337. The van der Waals surface area contributed by atoms with Gasteiger partial charge in [-0.1, -0.05) is 23.8 Å². The SMILES string of the molecule is CC(C)=C[C@@H]1CN(S(=O)(=O)c2ccc(N)nc2)CCN1c1ccc(C(O)(C(F)(F)F)C(F)(F)F)cc1. The van der Waals surface area contributed by atoms with Crippen LogP contribution in [0.3, 0.4) is 0 Å². The molecule has 1 saturated heterocycles. The maximum absolute atomic E-state index is 13.2.